The molecule has 0 bridgehead atoms. The highest BCUT2D eigenvalue weighted by Crippen LogP contribution is 2.24. The lowest BCUT2D eigenvalue weighted by Crippen LogP contribution is -1.99. The minimum Gasteiger partial charge on any atom is -0.379 e. The highest BCUT2D eigenvalue weighted by atomic mass is 32.1. The first-order valence-electron chi connectivity index (χ1n) is 6.20. The van der Waals surface area contributed by atoms with Gasteiger partial charge in [0.1, 0.15) is 0 Å². The maximum atomic E-state index is 4.52. The second-order valence-corrected chi connectivity index (χ2v) is 5.44. The first kappa shape index (κ1) is 12.0. The summed E-state index contributed by atoms with van der Waals surface area (Å²) in [5, 5.41) is 6.60. The lowest BCUT2D eigenvalue weighted by Gasteiger charge is -2.06. The zero-order chi connectivity index (χ0) is 13.1. The summed E-state index contributed by atoms with van der Waals surface area (Å²) < 4.78 is 0. The van der Waals surface area contributed by atoms with Crippen LogP contribution in [-0.4, -0.2) is 9.97 Å². The van der Waals surface area contributed by atoms with Gasteiger partial charge in [0.25, 0.3) is 0 Å². The van der Waals surface area contributed by atoms with E-state index in [1.807, 2.05) is 19.2 Å². The number of aromatic amines is 1. The van der Waals surface area contributed by atoms with E-state index in [2.05, 4.69) is 51.0 Å². The van der Waals surface area contributed by atoms with E-state index in [9.17, 15) is 0 Å². The average Bonchev–Trinajstić information content (AvgIpc) is 3.08. The normalized spacial score (nSPS) is 10.6. The van der Waals surface area contributed by atoms with Gasteiger partial charge >= 0.3 is 0 Å². The molecule has 3 aromatic rings. The maximum Gasteiger partial charge on any atom is 0.0901 e. The van der Waals surface area contributed by atoms with Crippen LogP contribution in [0.25, 0.3) is 11.3 Å². The van der Waals surface area contributed by atoms with Gasteiger partial charge in [-0.25, -0.2) is 4.98 Å². The minimum absolute atomic E-state index is 0.798. The molecule has 2 heterocycles. The van der Waals surface area contributed by atoms with Crippen LogP contribution in [-0.2, 0) is 6.54 Å². The third kappa shape index (κ3) is 2.85. The Balaban J connectivity index is 1.76. The van der Waals surface area contributed by atoms with Crippen molar-refractivity contribution in [2.24, 2.45) is 0 Å². The van der Waals surface area contributed by atoms with Gasteiger partial charge in [0.05, 0.1) is 17.2 Å². The standard InChI is InChI=1S/C15H15N3S/c1-11-18-15(10-19-11)12-4-2-5-13(8-12)17-9-14-6-3-7-16-14/h2-8,10,16-17H,9H2,1H3. The number of benzene rings is 1. The summed E-state index contributed by atoms with van der Waals surface area (Å²) in [6, 6.07) is 12.4. The van der Waals surface area contributed by atoms with Gasteiger partial charge in [-0.15, -0.1) is 11.3 Å². The summed E-state index contributed by atoms with van der Waals surface area (Å²) in [6.45, 7) is 2.83. The highest BCUT2D eigenvalue weighted by molar-refractivity contribution is 7.09. The molecule has 0 aliphatic carbocycles. The molecule has 19 heavy (non-hydrogen) atoms. The van der Waals surface area contributed by atoms with Crippen molar-refractivity contribution >= 4 is 17.0 Å². The number of nitrogens with one attached hydrogen (secondary N) is 2. The number of thiazole rings is 1. The van der Waals surface area contributed by atoms with Crippen LogP contribution in [0.15, 0.2) is 48.0 Å². The molecule has 0 spiro atoms. The van der Waals surface area contributed by atoms with Gasteiger partial charge < -0.3 is 10.3 Å². The number of aryl methyl sites for hydroxylation is 1. The number of hydrogen-bond acceptors (Lipinski definition) is 3. The van der Waals surface area contributed by atoms with E-state index in [0.717, 1.165) is 28.5 Å². The fraction of sp³-hybridized carbons (Fsp3) is 0.133. The van der Waals surface area contributed by atoms with Crippen LogP contribution in [0.3, 0.4) is 0 Å². The molecule has 0 fully saturated rings. The van der Waals surface area contributed by atoms with Crippen molar-refractivity contribution in [3.05, 3.63) is 58.7 Å². The predicted molar refractivity (Wildman–Crippen MR) is 80.4 cm³/mol. The number of rotatable bonds is 4. The van der Waals surface area contributed by atoms with Gasteiger partial charge in [-0.3, -0.25) is 0 Å². The van der Waals surface area contributed by atoms with Gasteiger partial charge in [-0.1, -0.05) is 12.1 Å². The molecule has 0 saturated heterocycles. The van der Waals surface area contributed by atoms with Crippen molar-refractivity contribution in [1.29, 1.82) is 0 Å². The number of hydrogen-bond donors (Lipinski definition) is 2. The molecule has 2 N–H and O–H groups in total. The predicted octanol–water partition coefficient (Wildman–Crippen LogP) is 4.06. The number of nitrogens with zero attached hydrogens (tertiary/aromatic N) is 1. The van der Waals surface area contributed by atoms with E-state index >= 15 is 0 Å². The third-order valence-corrected chi connectivity index (χ3v) is 3.70. The number of anilines is 1. The van der Waals surface area contributed by atoms with Gasteiger partial charge in [0.15, 0.2) is 0 Å². The van der Waals surface area contributed by atoms with Crippen LogP contribution in [0.5, 0.6) is 0 Å². The summed E-state index contributed by atoms with van der Waals surface area (Å²) in [5.41, 5.74) is 4.49. The Labute approximate surface area is 116 Å². The van der Waals surface area contributed by atoms with Crippen molar-refractivity contribution in [3.8, 4) is 11.3 Å². The van der Waals surface area contributed by atoms with Gasteiger partial charge in [-0.05, 0) is 31.2 Å². The topological polar surface area (TPSA) is 40.7 Å². The molecule has 2 aromatic heterocycles. The summed E-state index contributed by atoms with van der Waals surface area (Å²) >= 11 is 1.68. The van der Waals surface area contributed by atoms with E-state index in [-0.39, 0.29) is 0 Å². The lowest BCUT2D eigenvalue weighted by molar-refractivity contribution is 1.07. The van der Waals surface area contributed by atoms with Gasteiger partial charge in [0.2, 0.25) is 0 Å². The summed E-state index contributed by atoms with van der Waals surface area (Å²) in [5.74, 6) is 0. The third-order valence-electron chi connectivity index (χ3n) is 2.92. The summed E-state index contributed by atoms with van der Waals surface area (Å²) in [4.78, 5) is 7.70. The Morgan fingerprint density at radius 2 is 2.21 bits per heavy atom. The first-order chi connectivity index (χ1) is 9.31. The molecule has 0 radical (unpaired) electrons. The molecule has 1 aromatic carbocycles. The fourth-order valence-electron chi connectivity index (χ4n) is 1.96. The fourth-order valence-corrected chi connectivity index (χ4v) is 2.58. The second-order valence-electron chi connectivity index (χ2n) is 4.38. The quantitative estimate of drug-likeness (QED) is 0.750. The van der Waals surface area contributed by atoms with Crippen molar-refractivity contribution in [1.82, 2.24) is 9.97 Å². The van der Waals surface area contributed by atoms with Crippen molar-refractivity contribution in [2.75, 3.05) is 5.32 Å². The zero-order valence-electron chi connectivity index (χ0n) is 10.7. The van der Waals surface area contributed by atoms with E-state index in [1.165, 1.54) is 5.69 Å². The Hall–Kier alpha value is -2.07. The van der Waals surface area contributed by atoms with Crippen LogP contribution < -0.4 is 5.32 Å². The smallest absolute Gasteiger partial charge is 0.0901 e. The van der Waals surface area contributed by atoms with Crippen LogP contribution >= 0.6 is 11.3 Å². The molecule has 0 amide bonds. The van der Waals surface area contributed by atoms with Crippen LogP contribution in [0.2, 0.25) is 0 Å². The highest BCUT2D eigenvalue weighted by Gasteiger charge is 2.03. The van der Waals surface area contributed by atoms with Crippen molar-refractivity contribution in [3.63, 3.8) is 0 Å². The van der Waals surface area contributed by atoms with E-state index in [4.69, 9.17) is 0 Å². The second kappa shape index (κ2) is 5.28. The molecule has 4 heteroatoms. The Morgan fingerprint density at radius 3 is 2.95 bits per heavy atom. The van der Waals surface area contributed by atoms with Crippen molar-refractivity contribution in [2.45, 2.75) is 13.5 Å². The zero-order valence-corrected chi connectivity index (χ0v) is 11.5. The molecule has 3 nitrogen and oxygen atoms in total. The maximum absolute atomic E-state index is 4.52. The van der Waals surface area contributed by atoms with E-state index in [0.29, 0.717) is 0 Å². The van der Waals surface area contributed by atoms with Gasteiger partial charge in [0, 0.05) is 28.5 Å². The molecular formula is C15H15N3S. The molecule has 96 valence electrons. The van der Waals surface area contributed by atoms with Gasteiger partial charge in [-0.2, -0.15) is 0 Å². The lowest BCUT2D eigenvalue weighted by atomic mass is 10.1. The van der Waals surface area contributed by atoms with E-state index < -0.39 is 0 Å². The van der Waals surface area contributed by atoms with Crippen LogP contribution in [0.4, 0.5) is 5.69 Å². The van der Waals surface area contributed by atoms with Crippen LogP contribution in [0, 0.1) is 6.92 Å². The number of aromatic nitrogens is 2. The molecular weight excluding hydrogens is 254 g/mol. The minimum atomic E-state index is 0.798. The summed E-state index contributed by atoms with van der Waals surface area (Å²) in [7, 11) is 0. The Morgan fingerprint density at radius 1 is 1.26 bits per heavy atom. The van der Waals surface area contributed by atoms with Crippen LogP contribution in [0.1, 0.15) is 10.7 Å². The molecule has 0 saturated carbocycles. The molecule has 0 unspecified atom stereocenters. The molecule has 0 atom stereocenters. The summed E-state index contributed by atoms with van der Waals surface area (Å²) in [6.07, 6.45) is 1.94. The Kier molecular flexibility index (Phi) is 3.33. The average molecular weight is 269 g/mol. The monoisotopic (exact) mass is 269 g/mol. The van der Waals surface area contributed by atoms with Crippen molar-refractivity contribution < 1.29 is 0 Å². The first-order valence-corrected chi connectivity index (χ1v) is 7.08. The Bertz CT molecular complexity index is 656. The van der Waals surface area contributed by atoms with E-state index in [1.54, 1.807) is 11.3 Å². The molecule has 3 rings (SSSR count). The largest absolute Gasteiger partial charge is 0.379 e. The SMILES string of the molecule is Cc1nc(-c2cccc(NCc3ccc[nH]3)c2)cs1. The molecule has 0 aliphatic rings. The number of H-pyrrole nitrogens is 1. The molecule has 0 aliphatic heterocycles.